The Labute approximate surface area is 199 Å². The van der Waals surface area contributed by atoms with Gasteiger partial charge >= 0.3 is 5.97 Å². The van der Waals surface area contributed by atoms with Crippen LogP contribution in [0.15, 0.2) is 24.3 Å². The number of methoxy groups -OCH3 is 2. The second-order valence-electron chi connectivity index (χ2n) is 9.05. The molecule has 0 spiro atoms. The summed E-state index contributed by atoms with van der Waals surface area (Å²) in [7, 11) is 2.97. The first-order valence-corrected chi connectivity index (χ1v) is 11.6. The number of anilines is 1. The van der Waals surface area contributed by atoms with Crippen molar-refractivity contribution in [3.63, 3.8) is 0 Å². The largest absolute Gasteiger partial charge is 0.496 e. The number of halogens is 1. The molecule has 1 aliphatic carbocycles. The number of hydrogen-bond donors (Lipinski definition) is 2. The van der Waals surface area contributed by atoms with Crippen molar-refractivity contribution in [2.45, 2.75) is 44.8 Å². The Morgan fingerprint density at radius 2 is 1.91 bits per heavy atom. The normalized spacial score (nSPS) is 17.3. The molecule has 0 aromatic heterocycles. The summed E-state index contributed by atoms with van der Waals surface area (Å²) in [6.07, 6.45) is 3.05. The second-order valence-corrected chi connectivity index (χ2v) is 9.05. The number of rotatable bonds is 10. The first-order chi connectivity index (χ1) is 16.4. The Morgan fingerprint density at radius 3 is 2.53 bits per heavy atom. The molecule has 2 N–H and O–H groups in total. The van der Waals surface area contributed by atoms with Crippen molar-refractivity contribution in [3.8, 4) is 22.6 Å². The molecule has 8 heteroatoms. The van der Waals surface area contributed by atoms with Gasteiger partial charge in [0.2, 0.25) is 0 Å². The van der Waals surface area contributed by atoms with Gasteiger partial charge in [-0.3, -0.25) is 0 Å². The number of carboxylic acid groups (broad SMARTS) is 1. The quantitative estimate of drug-likeness (QED) is 0.513. The fourth-order valence-electron chi connectivity index (χ4n) is 4.41. The van der Waals surface area contributed by atoms with E-state index in [-0.39, 0.29) is 12.4 Å². The summed E-state index contributed by atoms with van der Waals surface area (Å²) in [5.74, 6) is -0.152. The van der Waals surface area contributed by atoms with E-state index in [4.69, 9.17) is 18.9 Å². The zero-order valence-electron chi connectivity index (χ0n) is 19.9. The molecule has 0 atom stereocenters. The highest BCUT2D eigenvalue weighted by atomic mass is 19.1. The third-order valence-corrected chi connectivity index (χ3v) is 6.69. The van der Waals surface area contributed by atoms with Crippen LogP contribution in [0.3, 0.4) is 0 Å². The third kappa shape index (κ3) is 4.98. The van der Waals surface area contributed by atoms with Crippen LogP contribution < -0.4 is 14.8 Å². The fraction of sp³-hybridized carbons (Fsp3) is 0.500. The summed E-state index contributed by atoms with van der Waals surface area (Å²) in [6, 6.07) is 7.08. The molecule has 2 aromatic rings. The van der Waals surface area contributed by atoms with Crippen LogP contribution in [0, 0.1) is 18.7 Å². The van der Waals surface area contributed by atoms with Gasteiger partial charge in [-0.1, -0.05) is 6.07 Å². The molecule has 2 fully saturated rings. The summed E-state index contributed by atoms with van der Waals surface area (Å²) >= 11 is 0. The Kier molecular flexibility index (Phi) is 7.28. The lowest BCUT2D eigenvalue weighted by molar-refractivity contribution is -0.145. The van der Waals surface area contributed by atoms with Crippen LogP contribution in [0.4, 0.5) is 10.1 Å². The molecule has 0 radical (unpaired) electrons. The summed E-state index contributed by atoms with van der Waals surface area (Å²) in [4.78, 5) is 12.1. The van der Waals surface area contributed by atoms with Crippen LogP contribution in [-0.2, 0) is 20.9 Å². The van der Waals surface area contributed by atoms with Crippen LogP contribution >= 0.6 is 0 Å². The van der Waals surface area contributed by atoms with E-state index in [1.54, 1.807) is 25.1 Å². The van der Waals surface area contributed by atoms with Crippen LogP contribution in [-0.4, -0.2) is 50.7 Å². The molecular formula is C26H32FNO6. The van der Waals surface area contributed by atoms with Crippen LogP contribution in [0.5, 0.6) is 11.5 Å². The van der Waals surface area contributed by atoms with Gasteiger partial charge in [-0.05, 0) is 55.0 Å². The van der Waals surface area contributed by atoms with Crippen LogP contribution in [0.2, 0.25) is 0 Å². The maximum absolute atomic E-state index is 15.5. The van der Waals surface area contributed by atoms with Gasteiger partial charge < -0.3 is 29.4 Å². The van der Waals surface area contributed by atoms with E-state index >= 15 is 4.39 Å². The highest BCUT2D eigenvalue weighted by Gasteiger charge is 2.40. The van der Waals surface area contributed by atoms with E-state index in [1.807, 2.05) is 6.07 Å². The molecule has 0 unspecified atom stereocenters. The van der Waals surface area contributed by atoms with Gasteiger partial charge in [0.25, 0.3) is 0 Å². The first-order valence-electron chi connectivity index (χ1n) is 11.6. The number of hydrogen-bond acceptors (Lipinski definition) is 6. The molecule has 0 bridgehead atoms. The Balaban J connectivity index is 1.73. The summed E-state index contributed by atoms with van der Waals surface area (Å²) in [6.45, 7) is 3.43. The molecule has 1 aliphatic heterocycles. The number of carboxylic acids is 1. The van der Waals surface area contributed by atoms with Crippen molar-refractivity contribution in [1.82, 2.24) is 0 Å². The van der Waals surface area contributed by atoms with Gasteiger partial charge in [0, 0.05) is 49.5 Å². The minimum absolute atomic E-state index is 0.133. The number of aliphatic carboxylic acids is 1. The summed E-state index contributed by atoms with van der Waals surface area (Å²) < 4.78 is 37.6. The lowest BCUT2D eigenvalue weighted by Crippen LogP contribution is -2.50. The van der Waals surface area contributed by atoms with E-state index in [1.165, 1.54) is 27.1 Å². The zero-order chi connectivity index (χ0) is 24.3. The fourth-order valence-corrected chi connectivity index (χ4v) is 4.41. The molecule has 2 aromatic carbocycles. The van der Waals surface area contributed by atoms with E-state index in [2.05, 4.69) is 5.32 Å². The average molecular weight is 474 g/mol. The maximum Gasteiger partial charge on any atom is 0.329 e. The molecule has 2 aliphatic rings. The van der Waals surface area contributed by atoms with E-state index in [0.717, 1.165) is 5.56 Å². The lowest BCUT2D eigenvalue weighted by Gasteiger charge is -2.35. The van der Waals surface area contributed by atoms with Crippen molar-refractivity contribution in [2.75, 3.05) is 39.4 Å². The molecule has 0 amide bonds. The van der Waals surface area contributed by atoms with Gasteiger partial charge in [-0.2, -0.15) is 0 Å². The predicted octanol–water partition coefficient (Wildman–Crippen LogP) is 4.79. The minimum Gasteiger partial charge on any atom is -0.496 e. The Hall–Kier alpha value is -2.84. The van der Waals surface area contributed by atoms with Crippen molar-refractivity contribution in [1.29, 1.82) is 0 Å². The van der Waals surface area contributed by atoms with Crippen molar-refractivity contribution in [2.24, 2.45) is 5.92 Å². The molecule has 1 saturated carbocycles. The van der Waals surface area contributed by atoms with E-state index < -0.39 is 17.3 Å². The molecule has 184 valence electrons. The number of ether oxygens (including phenoxy) is 4. The zero-order valence-corrected chi connectivity index (χ0v) is 19.9. The summed E-state index contributed by atoms with van der Waals surface area (Å²) in [5.41, 5.74) is 1.86. The molecule has 34 heavy (non-hydrogen) atoms. The number of carbonyl (C=O) groups is 1. The van der Waals surface area contributed by atoms with Crippen molar-refractivity contribution in [3.05, 3.63) is 41.2 Å². The number of nitrogens with one attached hydrogen (secondary N) is 1. The summed E-state index contributed by atoms with van der Waals surface area (Å²) in [5, 5.41) is 13.1. The van der Waals surface area contributed by atoms with Gasteiger partial charge in [-0.15, -0.1) is 0 Å². The van der Waals surface area contributed by atoms with Gasteiger partial charge in [-0.25, -0.2) is 9.18 Å². The molecular weight excluding hydrogens is 441 g/mol. The molecule has 1 saturated heterocycles. The van der Waals surface area contributed by atoms with Crippen LogP contribution in [0.1, 0.15) is 36.8 Å². The third-order valence-electron chi connectivity index (χ3n) is 6.69. The highest BCUT2D eigenvalue weighted by molar-refractivity contribution is 5.83. The smallest absolute Gasteiger partial charge is 0.329 e. The van der Waals surface area contributed by atoms with E-state index in [9.17, 15) is 9.90 Å². The topological polar surface area (TPSA) is 86.3 Å². The second kappa shape index (κ2) is 10.2. The average Bonchev–Trinajstić information content (AvgIpc) is 3.65. The molecule has 4 rings (SSSR count). The van der Waals surface area contributed by atoms with Crippen molar-refractivity contribution < 1.29 is 33.2 Å². The van der Waals surface area contributed by atoms with Gasteiger partial charge in [0.1, 0.15) is 11.3 Å². The SMILES string of the molecule is COc1cc(-c2ccc(NC3(C(=O)O)CCOCC3)cc2COCC2CC2)c(F)c(OC)c1C. The Morgan fingerprint density at radius 1 is 1.18 bits per heavy atom. The van der Waals surface area contributed by atoms with Gasteiger partial charge in [0.05, 0.1) is 20.8 Å². The monoisotopic (exact) mass is 473 g/mol. The number of benzene rings is 2. The standard InChI is InChI=1S/C26H32FNO6/c1-16-22(31-2)13-21(23(27)24(16)32-3)20-7-6-19(12-18(20)15-34-14-17-4-5-17)28-26(25(29)30)8-10-33-11-9-26/h6-7,12-13,17,28H,4-5,8-11,14-15H2,1-3H3,(H,29,30). The Bertz CT molecular complexity index is 1050. The van der Waals surface area contributed by atoms with Crippen molar-refractivity contribution >= 4 is 11.7 Å². The highest BCUT2D eigenvalue weighted by Crippen LogP contribution is 2.40. The predicted molar refractivity (Wildman–Crippen MR) is 126 cm³/mol. The van der Waals surface area contributed by atoms with Gasteiger partial charge in [0.15, 0.2) is 11.6 Å². The molecule has 1 heterocycles. The molecule has 7 nitrogen and oxygen atoms in total. The lowest BCUT2D eigenvalue weighted by atomic mass is 9.89. The minimum atomic E-state index is -1.10. The van der Waals surface area contributed by atoms with Crippen LogP contribution in [0.25, 0.3) is 11.1 Å². The van der Waals surface area contributed by atoms with E-state index in [0.29, 0.717) is 66.7 Å². The first kappa shape index (κ1) is 24.3. The maximum atomic E-state index is 15.5.